The number of hydrogen-bond donors (Lipinski definition) is 1. The molecule has 0 bridgehead atoms. The van der Waals surface area contributed by atoms with Crippen LogP contribution in [-0.4, -0.2) is 18.3 Å². The van der Waals surface area contributed by atoms with Crippen LogP contribution in [0, 0.1) is 5.92 Å². The van der Waals surface area contributed by atoms with E-state index in [4.69, 9.17) is 11.6 Å². The highest BCUT2D eigenvalue weighted by molar-refractivity contribution is 6.63. The van der Waals surface area contributed by atoms with E-state index in [1.165, 1.54) is 12.8 Å². The van der Waals surface area contributed by atoms with Crippen molar-refractivity contribution in [1.29, 1.82) is 0 Å². The lowest BCUT2D eigenvalue weighted by Gasteiger charge is -2.21. The number of carbonyl (C=O) groups excluding carboxylic acids is 1. The number of carbonyl (C=O) groups is 1. The molecule has 3 heteroatoms. The summed E-state index contributed by atoms with van der Waals surface area (Å²) in [6.45, 7) is 2.20. The molecule has 0 aromatic rings. The maximum atomic E-state index is 10.4. The molecule has 0 unspecified atom stereocenters. The summed E-state index contributed by atoms with van der Waals surface area (Å²) >= 11 is 5.24. The second-order valence-electron chi connectivity index (χ2n) is 3.09. The summed E-state index contributed by atoms with van der Waals surface area (Å²) in [4.78, 5) is 10.4. The molecule has 0 radical (unpaired) electrons. The van der Waals surface area contributed by atoms with Crippen molar-refractivity contribution in [1.82, 2.24) is 5.32 Å². The lowest BCUT2D eigenvalue weighted by molar-refractivity contribution is -0.112. The van der Waals surface area contributed by atoms with Gasteiger partial charge >= 0.3 is 0 Å². The van der Waals surface area contributed by atoms with Crippen molar-refractivity contribution in [3.8, 4) is 0 Å². The van der Waals surface area contributed by atoms with Gasteiger partial charge in [-0.1, -0.05) is 0 Å². The fourth-order valence-corrected chi connectivity index (χ4v) is 1.60. The Balaban J connectivity index is 2.09. The Labute approximate surface area is 72.3 Å². The van der Waals surface area contributed by atoms with E-state index in [0.29, 0.717) is 6.42 Å². The van der Waals surface area contributed by atoms with E-state index < -0.39 is 0 Å². The summed E-state index contributed by atoms with van der Waals surface area (Å²) in [6, 6.07) is 0. The third-order valence-corrected chi connectivity index (χ3v) is 2.40. The minimum Gasteiger partial charge on any atom is -0.317 e. The molecule has 0 amide bonds. The molecule has 0 aromatic heterocycles. The van der Waals surface area contributed by atoms with Crippen molar-refractivity contribution < 1.29 is 4.79 Å². The normalized spacial score (nSPS) is 20.1. The van der Waals surface area contributed by atoms with Crippen LogP contribution in [0.15, 0.2) is 0 Å². The molecule has 1 saturated heterocycles. The van der Waals surface area contributed by atoms with Crippen molar-refractivity contribution in [2.45, 2.75) is 25.7 Å². The molecule has 0 aliphatic carbocycles. The summed E-state index contributed by atoms with van der Waals surface area (Å²) in [5, 5.41) is 3.09. The van der Waals surface area contributed by atoms with Crippen molar-refractivity contribution in [2.75, 3.05) is 13.1 Å². The zero-order valence-electron chi connectivity index (χ0n) is 6.61. The minimum atomic E-state index is -0.191. The zero-order chi connectivity index (χ0) is 8.10. The first-order valence-electron chi connectivity index (χ1n) is 4.18. The molecular weight excluding hydrogens is 162 g/mol. The topological polar surface area (TPSA) is 29.1 Å². The zero-order valence-corrected chi connectivity index (χ0v) is 7.36. The van der Waals surface area contributed by atoms with Gasteiger partial charge in [-0.2, -0.15) is 0 Å². The molecule has 1 aliphatic heterocycles. The number of nitrogens with one attached hydrogen (secondary N) is 1. The second-order valence-corrected chi connectivity index (χ2v) is 3.51. The van der Waals surface area contributed by atoms with E-state index in [-0.39, 0.29) is 5.24 Å². The first-order valence-corrected chi connectivity index (χ1v) is 4.56. The molecule has 0 saturated carbocycles. The van der Waals surface area contributed by atoms with Crippen LogP contribution >= 0.6 is 11.6 Å². The van der Waals surface area contributed by atoms with Gasteiger partial charge in [0.1, 0.15) is 0 Å². The minimum absolute atomic E-state index is 0.191. The van der Waals surface area contributed by atoms with E-state index in [9.17, 15) is 4.79 Å². The van der Waals surface area contributed by atoms with Crippen molar-refractivity contribution in [3.63, 3.8) is 0 Å². The Kier molecular flexibility index (Phi) is 3.87. The summed E-state index contributed by atoms with van der Waals surface area (Å²) in [5.74, 6) is 0.721. The largest absolute Gasteiger partial charge is 0.317 e. The van der Waals surface area contributed by atoms with Crippen LogP contribution in [0.25, 0.3) is 0 Å². The van der Waals surface area contributed by atoms with Crippen LogP contribution in [0.2, 0.25) is 0 Å². The Hall–Kier alpha value is -0.0800. The van der Waals surface area contributed by atoms with Crippen molar-refractivity contribution in [3.05, 3.63) is 0 Å². The van der Waals surface area contributed by atoms with Crippen LogP contribution in [0.3, 0.4) is 0 Å². The Morgan fingerprint density at radius 1 is 1.45 bits per heavy atom. The first-order chi connectivity index (χ1) is 5.29. The van der Waals surface area contributed by atoms with Crippen LogP contribution in [0.5, 0.6) is 0 Å². The van der Waals surface area contributed by atoms with Crippen LogP contribution < -0.4 is 5.32 Å². The quantitative estimate of drug-likeness (QED) is 0.660. The third-order valence-electron chi connectivity index (χ3n) is 2.21. The Morgan fingerprint density at radius 2 is 2.09 bits per heavy atom. The predicted octanol–water partition coefficient (Wildman–Crippen LogP) is 1.53. The van der Waals surface area contributed by atoms with Crippen molar-refractivity contribution >= 4 is 16.8 Å². The number of piperidine rings is 1. The molecule has 11 heavy (non-hydrogen) atoms. The lowest BCUT2D eigenvalue weighted by Crippen LogP contribution is -2.27. The molecule has 64 valence electrons. The van der Waals surface area contributed by atoms with Gasteiger partial charge in [0.15, 0.2) is 0 Å². The van der Waals surface area contributed by atoms with Crippen LogP contribution in [-0.2, 0) is 4.79 Å². The summed E-state index contributed by atoms with van der Waals surface area (Å²) in [5.41, 5.74) is 0. The van der Waals surface area contributed by atoms with Crippen LogP contribution in [0.4, 0.5) is 0 Å². The van der Waals surface area contributed by atoms with Gasteiger partial charge in [0.05, 0.1) is 0 Å². The number of rotatable bonds is 3. The highest BCUT2D eigenvalue weighted by Crippen LogP contribution is 2.17. The summed E-state index contributed by atoms with van der Waals surface area (Å²) in [7, 11) is 0. The van der Waals surface area contributed by atoms with E-state index in [1.807, 2.05) is 0 Å². The lowest BCUT2D eigenvalue weighted by atomic mass is 9.93. The van der Waals surface area contributed by atoms with E-state index in [0.717, 1.165) is 25.4 Å². The van der Waals surface area contributed by atoms with Gasteiger partial charge in [-0.25, -0.2) is 0 Å². The van der Waals surface area contributed by atoms with Gasteiger partial charge in [0.2, 0.25) is 5.24 Å². The molecule has 1 rings (SSSR count). The van der Waals surface area contributed by atoms with Gasteiger partial charge < -0.3 is 5.32 Å². The SMILES string of the molecule is O=C(Cl)CCC1CCNCC1. The van der Waals surface area contributed by atoms with Crippen molar-refractivity contribution in [2.24, 2.45) is 5.92 Å². The van der Waals surface area contributed by atoms with Gasteiger partial charge in [0, 0.05) is 6.42 Å². The Morgan fingerprint density at radius 3 is 2.64 bits per heavy atom. The smallest absolute Gasteiger partial charge is 0.221 e. The maximum Gasteiger partial charge on any atom is 0.221 e. The van der Waals surface area contributed by atoms with Gasteiger partial charge in [-0.05, 0) is 49.9 Å². The van der Waals surface area contributed by atoms with Gasteiger partial charge in [-0.15, -0.1) is 0 Å². The second kappa shape index (κ2) is 4.73. The number of halogens is 1. The van der Waals surface area contributed by atoms with E-state index in [2.05, 4.69) is 5.32 Å². The average Bonchev–Trinajstić information content (AvgIpc) is 2.03. The fourth-order valence-electron chi connectivity index (χ4n) is 1.49. The molecule has 1 N–H and O–H groups in total. The Bertz CT molecular complexity index is 132. The molecule has 1 fully saturated rings. The monoisotopic (exact) mass is 175 g/mol. The summed E-state index contributed by atoms with van der Waals surface area (Å²) < 4.78 is 0. The average molecular weight is 176 g/mol. The number of hydrogen-bond acceptors (Lipinski definition) is 2. The highest BCUT2D eigenvalue weighted by Gasteiger charge is 2.13. The van der Waals surface area contributed by atoms with Gasteiger partial charge in [-0.3, -0.25) is 4.79 Å². The van der Waals surface area contributed by atoms with Gasteiger partial charge in [0.25, 0.3) is 0 Å². The predicted molar refractivity (Wildman–Crippen MR) is 45.7 cm³/mol. The molecule has 1 heterocycles. The maximum absolute atomic E-state index is 10.4. The molecule has 0 atom stereocenters. The standard InChI is InChI=1S/C8H14ClNO/c9-8(11)2-1-7-3-5-10-6-4-7/h7,10H,1-6H2. The van der Waals surface area contributed by atoms with E-state index >= 15 is 0 Å². The molecular formula is C8H14ClNO. The first kappa shape index (κ1) is 9.01. The van der Waals surface area contributed by atoms with E-state index in [1.54, 1.807) is 0 Å². The summed E-state index contributed by atoms with van der Waals surface area (Å²) in [6.07, 6.45) is 3.92. The van der Waals surface area contributed by atoms with Crippen LogP contribution in [0.1, 0.15) is 25.7 Å². The molecule has 2 nitrogen and oxygen atoms in total. The third kappa shape index (κ3) is 3.73. The molecule has 0 aromatic carbocycles. The fraction of sp³-hybridized carbons (Fsp3) is 0.875. The highest BCUT2D eigenvalue weighted by atomic mass is 35.5. The molecule has 1 aliphatic rings. The molecule has 0 spiro atoms.